The van der Waals surface area contributed by atoms with Crippen molar-refractivity contribution >= 4 is 42.4 Å². The minimum Gasteiger partial charge on any atom is -0.324 e. The molecular formula is C34H34ClF4N5O4S2. The number of pyridine rings is 1. The third-order valence-electron chi connectivity index (χ3n) is 8.79. The van der Waals surface area contributed by atoms with Crippen LogP contribution in [0.25, 0.3) is 22.0 Å². The minimum absolute atomic E-state index is 0.0986. The van der Waals surface area contributed by atoms with Gasteiger partial charge in [-0.3, -0.25) is 4.68 Å². The van der Waals surface area contributed by atoms with E-state index in [1.54, 1.807) is 12.1 Å². The Labute approximate surface area is 292 Å². The van der Waals surface area contributed by atoms with Crippen LogP contribution >= 0.6 is 11.6 Å². The largest absolute Gasteiger partial charge is 0.324 e. The van der Waals surface area contributed by atoms with Crippen LogP contribution in [0.2, 0.25) is 5.02 Å². The summed E-state index contributed by atoms with van der Waals surface area (Å²) in [7, 11) is -7.18. The Morgan fingerprint density at radius 3 is 2.24 bits per heavy atom. The Hall–Kier alpha value is -3.55. The number of nitrogens with one attached hydrogen (secondary N) is 1. The summed E-state index contributed by atoms with van der Waals surface area (Å²) in [6.45, 7) is 1.92. The van der Waals surface area contributed by atoms with Gasteiger partial charge < -0.3 is 5.73 Å². The molecule has 0 spiro atoms. The van der Waals surface area contributed by atoms with E-state index in [4.69, 9.17) is 17.3 Å². The van der Waals surface area contributed by atoms with Gasteiger partial charge >= 0.3 is 0 Å². The molecule has 0 bridgehead atoms. The lowest BCUT2D eigenvalue weighted by Crippen LogP contribution is -2.33. The molecule has 2 aliphatic rings. The number of benzene rings is 2. The number of halogens is 5. The number of rotatable bonds is 12. The lowest BCUT2D eigenvalue weighted by atomic mass is 9.94. The van der Waals surface area contributed by atoms with Crippen molar-refractivity contribution in [2.24, 2.45) is 5.73 Å². The number of hydrogen-bond donors (Lipinski definition) is 2. The van der Waals surface area contributed by atoms with Crippen molar-refractivity contribution in [1.82, 2.24) is 19.5 Å². The molecule has 2 aromatic carbocycles. The fourth-order valence-corrected chi connectivity index (χ4v) is 9.17. The van der Waals surface area contributed by atoms with Crippen LogP contribution in [0.5, 0.6) is 0 Å². The fraction of sp³-hybridized carbons (Fsp3) is 0.412. The Kier molecular flexibility index (Phi) is 9.81. The zero-order chi connectivity index (χ0) is 36.2. The molecule has 3 N–H and O–H groups in total. The van der Waals surface area contributed by atoms with E-state index in [1.807, 2.05) is 0 Å². The summed E-state index contributed by atoms with van der Waals surface area (Å²) in [6.07, 6.45) is -0.727. The van der Waals surface area contributed by atoms with E-state index in [1.165, 1.54) is 26.0 Å². The smallest absolute Gasteiger partial charge is 0.257 e. The van der Waals surface area contributed by atoms with Gasteiger partial charge in [0, 0.05) is 35.0 Å². The average Bonchev–Trinajstić information content (AvgIpc) is 3.95. The molecule has 0 radical (unpaired) electrons. The van der Waals surface area contributed by atoms with E-state index in [-0.39, 0.29) is 51.5 Å². The highest BCUT2D eigenvalue weighted by Gasteiger charge is 2.45. The molecule has 50 heavy (non-hydrogen) atoms. The maximum atomic E-state index is 14.1. The van der Waals surface area contributed by atoms with E-state index in [9.17, 15) is 34.4 Å². The van der Waals surface area contributed by atoms with Crippen molar-refractivity contribution in [2.45, 2.75) is 86.8 Å². The van der Waals surface area contributed by atoms with Gasteiger partial charge in [-0.1, -0.05) is 23.6 Å². The van der Waals surface area contributed by atoms with Crippen molar-refractivity contribution in [1.29, 1.82) is 0 Å². The molecule has 266 valence electrons. The molecule has 4 aromatic rings. The molecule has 16 heteroatoms. The first kappa shape index (κ1) is 36.2. The van der Waals surface area contributed by atoms with Gasteiger partial charge in [0.1, 0.15) is 28.6 Å². The summed E-state index contributed by atoms with van der Waals surface area (Å²) < 4.78 is 109. The number of nitrogens with two attached hydrogens (primary N) is 1. The maximum absolute atomic E-state index is 14.1. The maximum Gasteiger partial charge on any atom is 0.257 e. The van der Waals surface area contributed by atoms with E-state index in [2.05, 4.69) is 26.6 Å². The predicted molar refractivity (Wildman–Crippen MR) is 183 cm³/mol. The monoisotopic (exact) mass is 751 g/mol. The van der Waals surface area contributed by atoms with Crippen molar-refractivity contribution in [3.8, 4) is 23.0 Å². The number of hydrogen-bond acceptors (Lipinski definition) is 7. The molecule has 2 saturated carbocycles. The summed E-state index contributed by atoms with van der Waals surface area (Å²) in [4.78, 5) is 4.69. The summed E-state index contributed by atoms with van der Waals surface area (Å²) in [6, 6.07) is 8.18. The van der Waals surface area contributed by atoms with Crippen LogP contribution in [-0.4, -0.2) is 53.3 Å². The Balaban J connectivity index is 1.49. The molecule has 0 amide bonds. The van der Waals surface area contributed by atoms with Crippen LogP contribution in [0.1, 0.15) is 68.2 Å². The summed E-state index contributed by atoms with van der Waals surface area (Å²) in [5, 5.41) is 3.79. The first-order valence-corrected chi connectivity index (χ1v) is 19.4. The molecule has 2 fully saturated rings. The molecule has 2 aromatic heterocycles. The molecule has 0 saturated heterocycles. The summed E-state index contributed by atoms with van der Waals surface area (Å²) in [5.41, 5.74) is 8.10. The third-order valence-corrected chi connectivity index (χ3v) is 13.9. The van der Waals surface area contributed by atoms with Gasteiger partial charge in [0.2, 0.25) is 10.0 Å². The molecule has 1 atom stereocenters. The molecule has 0 unspecified atom stereocenters. The van der Waals surface area contributed by atoms with Gasteiger partial charge in [0.15, 0.2) is 9.84 Å². The summed E-state index contributed by atoms with van der Waals surface area (Å²) >= 11 is 6.61. The Bertz CT molecular complexity index is 2240. The zero-order valence-electron chi connectivity index (χ0n) is 27.1. The second-order valence-electron chi connectivity index (χ2n) is 13.1. The molecular weight excluding hydrogens is 718 g/mol. The standard InChI is InChI=1S/C34H34ClF4N5O4S2/c1-34(2,49(45,46)23-4-5-23)12-11-22-3-8-25(29(42-22)16-28(40)19-13-20(36)15-21(37)14-19)26-9-10-27(35)32-30(17-41-50(47,48)24-6-7-24)43-44(33(26)32)18-31(38)39/h3,8-10,13-15,23-24,28,31,41H,4-7,16-18,40H2,1-2H3/t28-/m0/s1. The van der Waals surface area contributed by atoms with Crippen LogP contribution in [0.4, 0.5) is 17.6 Å². The van der Waals surface area contributed by atoms with Crippen LogP contribution < -0.4 is 10.5 Å². The van der Waals surface area contributed by atoms with Gasteiger partial charge in [0.25, 0.3) is 6.43 Å². The molecule has 2 aliphatic carbocycles. The highest BCUT2D eigenvalue weighted by molar-refractivity contribution is 7.93. The highest BCUT2D eigenvalue weighted by Crippen LogP contribution is 2.39. The molecule has 9 nitrogen and oxygen atoms in total. The number of aromatic nitrogens is 3. The lowest BCUT2D eigenvalue weighted by Gasteiger charge is -2.18. The molecule has 0 aliphatic heterocycles. The van der Waals surface area contributed by atoms with Crippen LogP contribution in [0.15, 0.2) is 42.5 Å². The normalized spacial score (nSPS) is 16.1. The lowest BCUT2D eigenvalue weighted by molar-refractivity contribution is 0.123. The molecule has 2 heterocycles. The third kappa shape index (κ3) is 7.55. The van der Waals surface area contributed by atoms with E-state index < -0.39 is 65.8 Å². The SMILES string of the molecule is CC(C)(C#Cc1ccc(-c2ccc(Cl)c3c(CNS(=O)(=O)C4CC4)nn(CC(F)F)c23)c(C[C@H](N)c2cc(F)cc(F)c2)n1)S(=O)(=O)C1CC1. The topological polar surface area (TPSA) is 137 Å². The van der Waals surface area contributed by atoms with Gasteiger partial charge in [-0.25, -0.2) is 44.1 Å². The van der Waals surface area contributed by atoms with Gasteiger partial charge in [-0.15, -0.1) is 0 Å². The first-order chi connectivity index (χ1) is 23.5. The Morgan fingerprint density at radius 1 is 0.980 bits per heavy atom. The average molecular weight is 752 g/mol. The van der Waals surface area contributed by atoms with Crippen molar-refractivity contribution in [2.75, 3.05) is 0 Å². The van der Waals surface area contributed by atoms with Crippen LogP contribution in [-0.2, 0) is 39.4 Å². The minimum atomic E-state index is -3.65. The predicted octanol–water partition coefficient (Wildman–Crippen LogP) is 5.83. The van der Waals surface area contributed by atoms with Crippen LogP contribution in [0.3, 0.4) is 0 Å². The van der Waals surface area contributed by atoms with Crippen molar-refractivity contribution in [3.63, 3.8) is 0 Å². The highest BCUT2D eigenvalue weighted by atomic mass is 35.5. The number of alkyl halides is 2. The van der Waals surface area contributed by atoms with E-state index in [0.29, 0.717) is 42.9 Å². The van der Waals surface area contributed by atoms with E-state index >= 15 is 0 Å². The molecule has 6 rings (SSSR count). The zero-order valence-corrected chi connectivity index (χ0v) is 29.4. The van der Waals surface area contributed by atoms with E-state index in [0.717, 1.165) is 16.8 Å². The van der Waals surface area contributed by atoms with Gasteiger partial charge in [0.05, 0.1) is 39.0 Å². The number of nitrogens with zero attached hydrogens (tertiary/aromatic N) is 3. The first-order valence-electron chi connectivity index (χ1n) is 15.9. The van der Waals surface area contributed by atoms with Gasteiger partial charge in [-0.2, -0.15) is 5.10 Å². The van der Waals surface area contributed by atoms with Crippen molar-refractivity contribution < 1.29 is 34.4 Å². The van der Waals surface area contributed by atoms with Gasteiger partial charge in [-0.05, 0) is 81.3 Å². The second-order valence-corrected chi connectivity index (χ2v) is 18.3. The summed E-state index contributed by atoms with van der Waals surface area (Å²) in [5.74, 6) is 4.02. The quantitative estimate of drug-likeness (QED) is 0.137. The fourth-order valence-electron chi connectivity index (χ4n) is 5.79. The van der Waals surface area contributed by atoms with Crippen LogP contribution in [0, 0.1) is 23.5 Å². The number of sulfonamides is 1. The second kappa shape index (κ2) is 13.5. The van der Waals surface area contributed by atoms with Crippen molar-refractivity contribution in [3.05, 3.63) is 81.8 Å². The Morgan fingerprint density at radius 2 is 1.62 bits per heavy atom. The number of fused-ring (bicyclic) bond motifs is 1. The number of sulfone groups is 1.